The molecule has 0 saturated carbocycles. The molecule has 2 aromatic heterocycles. The van der Waals surface area contributed by atoms with Gasteiger partial charge < -0.3 is 20.2 Å². The Labute approximate surface area is 184 Å². The van der Waals surface area contributed by atoms with Crippen molar-refractivity contribution in [2.45, 2.75) is 72.4 Å². The predicted octanol–water partition coefficient (Wildman–Crippen LogP) is 4.27. The van der Waals surface area contributed by atoms with Crippen LogP contribution in [0.3, 0.4) is 0 Å². The molecule has 0 aromatic carbocycles. The van der Waals surface area contributed by atoms with Crippen molar-refractivity contribution in [1.29, 1.82) is 0 Å². The van der Waals surface area contributed by atoms with Crippen LogP contribution in [0.5, 0.6) is 0 Å². The van der Waals surface area contributed by atoms with E-state index in [-0.39, 0.29) is 24.4 Å². The molecule has 0 saturated heterocycles. The molecule has 0 radical (unpaired) electrons. The first kappa shape index (κ1) is 22.9. The number of thiophene rings is 1. The number of aromatic nitrogens is 2. The molecule has 1 aliphatic rings. The van der Waals surface area contributed by atoms with Crippen LogP contribution in [0.1, 0.15) is 66.5 Å². The van der Waals surface area contributed by atoms with Crippen molar-refractivity contribution >= 4 is 34.0 Å². The van der Waals surface area contributed by atoms with E-state index in [9.17, 15) is 19.7 Å². The normalized spacial score (nSPS) is 15.1. The van der Waals surface area contributed by atoms with Crippen LogP contribution in [0, 0.1) is 23.0 Å². The highest BCUT2D eigenvalue weighted by Crippen LogP contribution is 2.39. The Morgan fingerprint density at radius 1 is 1.35 bits per heavy atom. The fourth-order valence-corrected chi connectivity index (χ4v) is 4.82. The number of hydrogen-bond acceptors (Lipinski definition) is 7. The molecule has 1 N–H and O–H groups in total. The second kappa shape index (κ2) is 9.59. The number of fused-ring (bicyclic) bond motifs is 1. The molecule has 10 heteroatoms. The van der Waals surface area contributed by atoms with Gasteiger partial charge in [0.25, 0.3) is 0 Å². The van der Waals surface area contributed by atoms with Crippen LogP contribution in [-0.4, -0.2) is 32.7 Å². The van der Waals surface area contributed by atoms with Crippen LogP contribution in [0.4, 0.5) is 10.8 Å². The lowest BCUT2D eigenvalue weighted by atomic mass is 9.95. The summed E-state index contributed by atoms with van der Waals surface area (Å²) in [6, 6.07) is 1.38. The lowest BCUT2D eigenvalue weighted by molar-refractivity contribution is -0.389. The number of anilines is 1. The fraction of sp³-hybridized carbons (Fsp3) is 0.571. The number of esters is 1. The van der Waals surface area contributed by atoms with E-state index in [0.29, 0.717) is 22.7 Å². The van der Waals surface area contributed by atoms with Crippen LogP contribution in [0.25, 0.3) is 0 Å². The number of amides is 1. The summed E-state index contributed by atoms with van der Waals surface area (Å²) in [5, 5.41) is 18.3. The zero-order valence-electron chi connectivity index (χ0n) is 18.3. The van der Waals surface area contributed by atoms with Gasteiger partial charge in [-0.2, -0.15) is 4.68 Å². The molecule has 1 aliphatic carbocycles. The second-order valence-corrected chi connectivity index (χ2v) is 9.12. The van der Waals surface area contributed by atoms with Crippen LogP contribution in [0.2, 0.25) is 0 Å². The first-order valence-electron chi connectivity index (χ1n) is 10.6. The van der Waals surface area contributed by atoms with Gasteiger partial charge in [-0.15, -0.1) is 11.3 Å². The fourth-order valence-electron chi connectivity index (χ4n) is 3.54. The van der Waals surface area contributed by atoms with Crippen molar-refractivity contribution in [2.75, 3.05) is 5.32 Å². The standard InChI is InChI=1S/C21H28N4O5S/c1-5-14(4)30-21(27)18-15-8-6-7-9-16(15)31-20(18)22-19(26)12(2)11-24-13(3)10-17(23-24)25(28)29/h10,12,14H,5-9,11H2,1-4H3,(H,22,26). The predicted molar refractivity (Wildman–Crippen MR) is 118 cm³/mol. The number of carbonyl (C=O) groups is 2. The van der Waals surface area contributed by atoms with Crippen molar-refractivity contribution in [3.8, 4) is 0 Å². The third-order valence-corrected chi connectivity index (χ3v) is 6.75. The van der Waals surface area contributed by atoms with Gasteiger partial charge in [-0.25, -0.2) is 4.79 Å². The summed E-state index contributed by atoms with van der Waals surface area (Å²) in [5.41, 5.74) is 2.08. The molecule has 31 heavy (non-hydrogen) atoms. The van der Waals surface area contributed by atoms with E-state index in [2.05, 4.69) is 10.4 Å². The summed E-state index contributed by atoms with van der Waals surface area (Å²) in [7, 11) is 0. The second-order valence-electron chi connectivity index (χ2n) is 8.01. The van der Waals surface area contributed by atoms with Gasteiger partial charge in [0.05, 0.1) is 41.0 Å². The number of ether oxygens (including phenoxy) is 1. The minimum Gasteiger partial charge on any atom is -0.459 e. The average molecular weight is 449 g/mol. The minimum absolute atomic E-state index is 0.198. The molecule has 2 unspecified atom stereocenters. The van der Waals surface area contributed by atoms with Crippen molar-refractivity contribution in [3.05, 3.63) is 37.9 Å². The molecule has 1 amide bonds. The van der Waals surface area contributed by atoms with Crippen LogP contribution < -0.4 is 5.32 Å². The molecule has 2 aromatic rings. The SMILES string of the molecule is CCC(C)OC(=O)c1c(NC(=O)C(C)Cn2nc([N+](=O)[O-])cc2C)sc2c1CCCC2. The quantitative estimate of drug-likeness (QED) is 0.366. The number of nitrogens with one attached hydrogen (secondary N) is 1. The zero-order chi connectivity index (χ0) is 22.7. The number of rotatable bonds is 8. The smallest absolute Gasteiger partial charge is 0.390 e. The number of aryl methyl sites for hydroxylation is 2. The molecule has 168 valence electrons. The van der Waals surface area contributed by atoms with Gasteiger partial charge >= 0.3 is 11.8 Å². The summed E-state index contributed by atoms with van der Waals surface area (Å²) < 4.78 is 7.03. The van der Waals surface area contributed by atoms with E-state index in [4.69, 9.17) is 4.74 Å². The van der Waals surface area contributed by atoms with Gasteiger partial charge in [-0.3, -0.25) is 4.79 Å². The highest BCUT2D eigenvalue weighted by molar-refractivity contribution is 7.17. The molecule has 2 atom stereocenters. The molecule has 2 heterocycles. The Hall–Kier alpha value is -2.75. The van der Waals surface area contributed by atoms with Crippen molar-refractivity contribution in [2.24, 2.45) is 5.92 Å². The zero-order valence-corrected chi connectivity index (χ0v) is 19.1. The summed E-state index contributed by atoms with van der Waals surface area (Å²) in [4.78, 5) is 37.3. The Morgan fingerprint density at radius 2 is 2.06 bits per heavy atom. The van der Waals surface area contributed by atoms with Gasteiger partial charge in [0.15, 0.2) is 0 Å². The Balaban J connectivity index is 1.79. The molecule has 3 rings (SSSR count). The third-order valence-electron chi connectivity index (χ3n) is 5.55. The van der Waals surface area contributed by atoms with Crippen LogP contribution >= 0.6 is 11.3 Å². The van der Waals surface area contributed by atoms with Crippen molar-refractivity contribution in [1.82, 2.24) is 9.78 Å². The molecular weight excluding hydrogens is 420 g/mol. The topological polar surface area (TPSA) is 116 Å². The highest BCUT2D eigenvalue weighted by atomic mass is 32.1. The first-order valence-corrected chi connectivity index (χ1v) is 11.4. The van der Waals surface area contributed by atoms with E-state index in [1.165, 1.54) is 22.1 Å². The van der Waals surface area contributed by atoms with Gasteiger partial charge in [0, 0.05) is 4.88 Å². The number of nitrogens with zero attached hydrogens (tertiary/aromatic N) is 3. The first-order chi connectivity index (χ1) is 14.7. The molecule has 0 bridgehead atoms. The van der Waals surface area contributed by atoms with Gasteiger partial charge in [-0.05, 0) is 56.4 Å². The average Bonchev–Trinajstić information content (AvgIpc) is 3.27. The number of carbonyl (C=O) groups excluding carboxylic acids is 2. The summed E-state index contributed by atoms with van der Waals surface area (Å²) in [6.45, 7) is 7.44. The maximum absolute atomic E-state index is 12.9. The van der Waals surface area contributed by atoms with Gasteiger partial charge in [0.1, 0.15) is 5.00 Å². The number of nitro groups is 1. The van der Waals surface area contributed by atoms with Crippen molar-refractivity contribution < 1.29 is 19.2 Å². The van der Waals surface area contributed by atoms with E-state index < -0.39 is 16.8 Å². The summed E-state index contributed by atoms with van der Waals surface area (Å²) in [6.07, 6.45) is 4.28. The van der Waals surface area contributed by atoms with Gasteiger partial charge in [0.2, 0.25) is 5.91 Å². The molecule has 9 nitrogen and oxygen atoms in total. The monoisotopic (exact) mass is 448 g/mol. The van der Waals surface area contributed by atoms with E-state index >= 15 is 0 Å². The number of hydrogen-bond donors (Lipinski definition) is 1. The third kappa shape index (κ3) is 5.12. The largest absolute Gasteiger partial charge is 0.459 e. The maximum atomic E-state index is 12.9. The summed E-state index contributed by atoms with van der Waals surface area (Å²) in [5.74, 6) is -1.41. The van der Waals surface area contributed by atoms with E-state index in [0.717, 1.165) is 36.1 Å². The molecule has 0 aliphatic heterocycles. The Bertz CT molecular complexity index is 996. The highest BCUT2D eigenvalue weighted by Gasteiger charge is 2.29. The molecular formula is C21H28N4O5S. The maximum Gasteiger partial charge on any atom is 0.390 e. The van der Waals surface area contributed by atoms with Crippen molar-refractivity contribution in [3.63, 3.8) is 0 Å². The molecule has 0 spiro atoms. The van der Waals surface area contributed by atoms with Gasteiger partial charge in [-0.1, -0.05) is 13.8 Å². The lowest BCUT2D eigenvalue weighted by Crippen LogP contribution is -2.26. The van der Waals surface area contributed by atoms with E-state index in [1.807, 2.05) is 13.8 Å². The van der Waals surface area contributed by atoms with Crippen LogP contribution in [0.15, 0.2) is 6.07 Å². The lowest BCUT2D eigenvalue weighted by Gasteiger charge is -2.16. The summed E-state index contributed by atoms with van der Waals surface area (Å²) >= 11 is 1.44. The van der Waals surface area contributed by atoms with E-state index in [1.54, 1.807) is 13.8 Å². The Morgan fingerprint density at radius 3 is 2.71 bits per heavy atom. The Kier molecular flexibility index (Phi) is 7.09. The van der Waals surface area contributed by atoms with Crippen LogP contribution in [-0.2, 0) is 28.9 Å². The minimum atomic E-state index is -0.556. The molecule has 0 fully saturated rings.